The number of H-pyrrole nitrogens is 1. The first kappa shape index (κ1) is 23.6. The molecule has 1 fully saturated rings. The van der Waals surface area contributed by atoms with Crippen LogP contribution in [0.1, 0.15) is 53.8 Å². The SMILES string of the molecule is CCOC(=O)N1CCC2(CC1)CC(NC(=O)c1cccc3c(CO)[nH]nc13)c1cc(Br)ccc1O2. The van der Waals surface area contributed by atoms with Crippen molar-refractivity contribution in [3.05, 3.63) is 57.7 Å². The van der Waals surface area contributed by atoms with E-state index < -0.39 is 5.60 Å². The lowest BCUT2D eigenvalue weighted by Crippen LogP contribution is -2.53. The summed E-state index contributed by atoms with van der Waals surface area (Å²) in [6.07, 6.45) is 1.56. The smallest absolute Gasteiger partial charge is 0.409 e. The fourth-order valence-electron chi connectivity index (χ4n) is 5.02. The van der Waals surface area contributed by atoms with Gasteiger partial charge in [0.15, 0.2) is 0 Å². The van der Waals surface area contributed by atoms with Crippen molar-refractivity contribution in [2.45, 2.75) is 44.4 Å². The van der Waals surface area contributed by atoms with Gasteiger partial charge in [-0.3, -0.25) is 9.89 Å². The highest BCUT2D eigenvalue weighted by molar-refractivity contribution is 9.10. The number of carbonyl (C=O) groups is 2. The van der Waals surface area contributed by atoms with Gasteiger partial charge in [-0.15, -0.1) is 0 Å². The number of aliphatic hydroxyl groups excluding tert-OH is 1. The molecule has 2 aliphatic rings. The van der Waals surface area contributed by atoms with Gasteiger partial charge in [0.2, 0.25) is 0 Å². The lowest BCUT2D eigenvalue weighted by molar-refractivity contribution is -0.0233. The van der Waals surface area contributed by atoms with Crippen LogP contribution in [-0.2, 0) is 11.3 Å². The van der Waals surface area contributed by atoms with Gasteiger partial charge < -0.3 is 24.8 Å². The number of hydrogen-bond donors (Lipinski definition) is 3. The number of aromatic amines is 1. The first-order valence-electron chi connectivity index (χ1n) is 11.7. The molecule has 10 heteroatoms. The summed E-state index contributed by atoms with van der Waals surface area (Å²) in [5.41, 5.74) is 1.93. The molecule has 0 aliphatic carbocycles. The van der Waals surface area contributed by atoms with E-state index in [9.17, 15) is 14.7 Å². The zero-order valence-corrected chi connectivity index (χ0v) is 20.9. The van der Waals surface area contributed by atoms with Crippen molar-refractivity contribution in [2.24, 2.45) is 0 Å². The summed E-state index contributed by atoms with van der Waals surface area (Å²) in [6.45, 7) is 3.01. The predicted octanol–water partition coefficient (Wildman–Crippen LogP) is 4.06. The van der Waals surface area contributed by atoms with Gasteiger partial charge in [0.05, 0.1) is 30.5 Å². The fourth-order valence-corrected chi connectivity index (χ4v) is 5.40. The molecule has 1 aromatic heterocycles. The Bertz CT molecular complexity index is 1270. The van der Waals surface area contributed by atoms with Gasteiger partial charge in [-0.25, -0.2) is 4.79 Å². The number of nitrogens with one attached hydrogen (secondary N) is 2. The summed E-state index contributed by atoms with van der Waals surface area (Å²) in [7, 11) is 0. The molecule has 1 atom stereocenters. The molecule has 0 bridgehead atoms. The Balaban J connectivity index is 1.41. The molecule has 1 unspecified atom stereocenters. The molecule has 1 spiro atoms. The Hall–Kier alpha value is -3.11. The van der Waals surface area contributed by atoms with E-state index in [1.165, 1.54) is 0 Å². The van der Waals surface area contributed by atoms with E-state index in [0.717, 1.165) is 21.2 Å². The van der Waals surface area contributed by atoms with Crippen molar-refractivity contribution in [3.63, 3.8) is 0 Å². The third-order valence-electron chi connectivity index (χ3n) is 6.82. The zero-order chi connectivity index (χ0) is 24.6. The van der Waals surface area contributed by atoms with Crippen LogP contribution < -0.4 is 10.1 Å². The van der Waals surface area contributed by atoms with Crippen LogP contribution in [0.15, 0.2) is 40.9 Å². The van der Waals surface area contributed by atoms with Crippen LogP contribution in [0.4, 0.5) is 4.79 Å². The maximum Gasteiger partial charge on any atom is 0.409 e. The van der Waals surface area contributed by atoms with E-state index in [1.54, 1.807) is 24.0 Å². The summed E-state index contributed by atoms with van der Waals surface area (Å²) >= 11 is 3.53. The van der Waals surface area contributed by atoms with Crippen LogP contribution in [0.3, 0.4) is 0 Å². The van der Waals surface area contributed by atoms with Gasteiger partial charge in [0.25, 0.3) is 5.91 Å². The molecule has 3 N–H and O–H groups in total. The average Bonchev–Trinajstić information content (AvgIpc) is 3.28. The van der Waals surface area contributed by atoms with E-state index >= 15 is 0 Å². The van der Waals surface area contributed by atoms with Crippen molar-refractivity contribution in [3.8, 4) is 5.75 Å². The second-order valence-corrected chi connectivity index (χ2v) is 9.86. The first-order chi connectivity index (χ1) is 16.9. The number of ether oxygens (including phenoxy) is 2. The molecule has 184 valence electrons. The van der Waals surface area contributed by atoms with E-state index in [0.29, 0.717) is 55.7 Å². The van der Waals surface area contributed by atoms with Crippen LogP contribution in [0.25, 0.3) is 10.9 Å². The van der Waals surface area contributed by atoms with E-state index in [4.69, 9.17) is 9.47 Å². The summed E-state index contributed by atoms with van der Waals surface area (Å²) in [5, 5.41) is 20.5. The number of benzene rings is 2. The topological polar surface area (TPSA) is 117 Å². The average molecular weight is 543 g/mol. The predicted molar refractivity (Wildman–Crippen MR) is 132 cm³/mol. The van der Waals surface area contributed by atoms with Gasteiger partial charge >= 0.3 is 6.09 Å². The summed E-state index contributed by atoms with van der Waals surface area (Å²) in [5.74, 6) is 0.485. The Kier molecular flexibility index (Phi) is 6.41. The largest absolute Gasteiger partial charge is 0.487 e. The van der Waals surface area contributed by atoms with Crippen molar-refractivity contribution in [1.82, 2.24) is 20.4 Å². The summed E-state index contributed by atoms with van der Waals surface area (Å²) < 4.78 is 12.6. The summed E-state index contributed by atoms with van der Waals surface area (Å²) in [4.78, 5) is 27.3. The Labute approximate surface area is 210 Å². The highest BCUT2D eigenvalue weighted by atomic mass is 79.9. The molecule has 5 rings (SSSR count). The maximum absolute atomic E-state index is 13.5. The van der Waals surface area contributed by atoms with Gasteiger partial charge in [0.1, 0.15) is 16.9 Å². The first-order valence-corrected chi connectivity index (χ1v) is 12.5. The minimum absolute atomic E-state index is 0.186. The molecule has 9 nitrogen and oxygen atoms in total. The number of para-hydroxylation sites is 1. The van der Waals surface area contributed by atoms with Crippen LogP contribution >= 0.6 is 15.9 Å². The number of piperidine rings is 1. The highest BCUT2D eigenvalue weighted by Gasteiger charge is 2.44. The number of fused-ring (bicyclic) bond motifs is 2. The molecule has 3 heterocycles. The second kappa shape index (κ2) is 9.50. The number of rotatable bonds is 4. The Morgan fingerprint density at radius 3 is 2.86 bits per heavy atom. The number of halogens is 1. The van der Waals surface area contributed by atoms with E-state index in [2.05, 4.69) is 31.4 Å². The molecule has 0 radical (unpaired) electrons. The highest BCUT2D eigenvalue weighted by Crippen LogP contribution is 2.45. The van der Waals surface area contributed by atoms with Crippen LogP contribution in [0.5, 0.6) is 5.75 Å². The molecule has 0 saturated carbocycles. The van der Waals surface area contributed by atoms with E-state index in [-0.39, 0.29) is 24.6 Å². The van der Waals surface area contributed by atoms with Crippen LogP contribution in [0, 0.1) is 0 Å². The van der Waals surface area contributed by atoms with Gasteiger partial charge in [-0.05, 0) is 31.2 Å². The number of amides is 2. The minimum atomic E-state index is -0.496. The summed E-state index contributed by atoms with van der Waals surface area (Å²) in [6, 6.07) is 10.9. The monoisotopic (exact) mass is 542 g/mol. The van der Waals surface area contributed by atoms with Gasteiger partial charge in [-0.1, -0.05) is 28.1 Å². The number of aromatic nitrogens is 2. The molecule has 2 aromatic carbocycles. The van der Waals surface area contributed by atoms with E-state index in [1.807, 2.05) is 24.3 Å². The Morgan fingerprint density at radius 2 is 2.11 bits per heavy atom. The van der Waals surface area contributed by atoms with Crippen molar-refractivity contribution in [2.75, 3.05) is 19.7 Å². The third-order valence-corrected chi connectivity index (χ3v) is 7.32. The molecule has 2 amide bonds. The fraction of sp³-hybridized carbons (Fsp3) is 0.400. The second-order valence-electron chi connectivity index (χ2n) is 8.95. The Morgan fingerprint density at radius 1 is 1.31 bits per heavy atom. The third kappa shape index (κ3) is 4.48. The number of likely N-dealkylation sites (tertiary alicyclic amines) is 1. The van der Waals surface area contributed by atoms with Crippen molar-refractivity contribution >= 4 is 38.8 Å². The van der Waals surface area contributed by atoms with Crippen LogP contribution in [0.2, 0.25) is 0 Å². The molecule has 35 heavy (non-hydrogen) atoms. The van der Waals surface area contributed by atoms with Crippen LogP contribution in [-0.4, -0.2) is 57.5 Å². The molecular weight excluding hydrogens is 516 g/mol. The van der Waals surface area contributed by atoms with Gasteiger partial charge in [-0.2, -0.15) is 5.10 Å². The molecular formula is C25H27BrN4O5. The lowest BCUT2D eigenvalue weighted by Gasteiger charge is -2.46. The maximum atomic E-state index is 13.5. The van der Waals surface area contributed by atoms with Crippen molar-refractivity contribution < 1.29 is 24.2 Å². The number of carbonyl (C=O) groups excluding carboxylic acids is 2. The quantitative estimate of drug-likeness (QED) is 0.457. The van der Waals surface area contributed by atoms with Gasteiger partial charge in [0, 0.05) is 47.8 Å². The molecule has 3 aromatic rings. The number of aliphatic hydroxyl groups is 1. The lowest BCUT2D eigenvalue weighted by atomic mass is 9.80. The molecule has 1 saturated heterocycles. The van der Waals surface area contributed by atoms with Crippen molar-refractivity contribution in [1.29, 1.82) is 0 Å². The normalized spacial score (nSPS) is 18.7. The molecule has 2 aliphatic heterocycles. The standard InChI is InChI=1S/C25H27BrN4O5/c1-2-34-24(33)30-10-8-25(9-11-30)13-19(18-12-15(26)6-7-21(18)35-25)27-23(32)17-5-3-4-16-20(14-31)28-29-22(16)17/h3-7,12,19,31H,2,8-11,13-14H2,1H3,(H,27,32)(H,28,29). The number of nitrogens with zero attached hydrogens (tertiary/aromatic N) is 2. The minimum Gasteiger partial charge on any atom is -0.487 e. The number of hydrogen-bond acceptors (Lipinski definition) is 6. The zero-order valence-electron chi connectivity index (χ0n) is 19.3.